The molecule has 0 spiro atoms. The summed E-state index contributed by atoms with van der Waals surface area (Å²) in [6.07, 6.45) is 1.85. The van der Waals surface area contributed by atoms with Crippen molar-refractivity contribution < 1.29 is 4.84 Å². The second kappa shape index (κ2) is 5.93. The summed E-state index contributed by atoms with van der Waals surface area (Å²) in [5.74, 6) is 0.513. The number of hydrogen-bond acceptors (Lipinski definition) is 4. The Kier molecular flexibility index (Phi) is 4.01. The van der Waals surface area contributed by atoms with Gasteiger partial charge in [0.2, 0.25) is 0 Å². The molecule has 0 saturated heterocycles. The molecule has 0 aliphatic heterocycles. The average Bonchev–Trinajstić information content (AvgIpc) is 2.48. The minimum atomic E-state index is 0.513. The van der Waals surface area contributed by atoms with E-state index in [0.717, 1.165) is 45.5 Å². The van der Waals surface area contributed by atoms with Gasteiger partial charge in [-0.3, -0.25) is 0 Å². The van der Waals surface area contributed by atoms with Crippen LogP contribution in [0.2, 0.25) is 0 Å². The van der Waals surface area contributed by atoms with E-state index in [9.17, 15) is 0 Å². The van der Waals surface area contributed by atoms with E-state index in [0.29, 0.717) is 5.92 Å². The molecule has 1 atom stereocenters. The van der Waals surface area contributed by atoms with Crippen LogP contribution in [0.4, 0.5) is 0 Å². The zero-order chi connectivity index (χ0) is 14.8. The number of halogens is 1. The molecule has 0 unspecified atom stereocenters. The van der Waals surface area contributed by atoms with Gasteiger partial charge in [-0.05, 0) is 37.0 Å². The number of aromatic nitrogens is 2. The van der Waals surface area contributed by atoms with Crippen LogP contribution >= 0.6 is 15.9 Å². The van der Waals surface area contributed by atoms with E-state index >= 15 is 0 Å². The highest BCUT2D eigenvalue weighted by atomic mass is 79.9. The Labute approximate surface area is 132 Å². The topological polar surface area (TPSA) is 47.4 Å². The first-order valence-corrected chi connectivity index (χ1v) is 7.69. The number of hydrogen-bond donors (Lipinski definition) is 0. The molecule has 0 fully saturated rings. The van der Waals surface area contributed by atoms with Crippen molar-refractivity contribution in [3.8, 4) is 11.3 Å². The van der Waals surface area contributed by atoms with Gasteiger partial charge >= 0.3 is 0 Å². The number of benzene rings is 1. The Morgan fingerprint density at radius 3 is 2.67 bits per heavy atom. The van der Waals surface area contributed by atoms with Crippen LogP contribution in [-0.2, 0) is 11.3 Å². The first-order valence-electron chi connectivity index (χ1n) is 6.90. The lowest BCUT2D eigenvalue weighted by atomic mass is 9.86. The molecule has 4 nitrogen and oxygen atoms in total. The Balaban J connectivity index is 2.05. The monoisotopic (exact) mass is 345 g/mol. The summed E-state index contributed by atoms with van der Waals surface area (Å²) >= 11 is 3.44. The van der Waals surface area contributed by atoms with Crippen molar-refractivity contribution in [3.05, 3.63) is 46.1 Å². The SMILES string of the molecule is CO/N=C1\C[C@@H](C)Cc2nnc(-c3ccc(Br)cc3)cc21. The number of rotatable bonds is 2. The molecule has 0 radical (unpaired) electrons. The lowest BCUT2D eigenvalue weighted by Gasteiger charge is -2.21. The van der Waals surface area contributed by atoms with Crippen molar-refractivity contribution in [1.82, 2.24) is 10.2 Å². The van der Waals surface area contributed by atoms with Crippen LogP contribution in [0.5, 0.6) is 0 Å². The first-order chi connectivity index (χ1) is 10.2. The van der Waals surface area contributed by atoms with Crippen molar-refractivity contribution in [2.24, 2.45) is 11.1 Å². The fraction of sp³-hybridized carbons (Fsp3) is 0.312. The molecule has 1 aliphatic rings. The third kappa shape index (κ3) is 2.97. The lowest BCUT2D eigenvalue weighted by Crippen LogP contribution is -2.21. The van der Waals surface area contributed by atoms with Crippen molar-refractivity contribution >= 4 is 21.6 Å². The Hall–Kier alpha value is -1.75. The lowest BCUT2D eigenvalue weighted by molar-refractivity contribution is 0.212. The highest BCUT2D eigenvalue weighted by Gasteiger charge is 2.23. The van der Waals surface area contributed by atoms with Gasteiger partial charge in [0.1, 0.15) is 7.11 Å². The second-order valence-electron chi connectivity index (χ2n) is 5.33. The van der Waals surface area contributed by atoms with Gasteiger partial charge in [0.05, 0.1) is 17.1 Å². The molecular formula is C16H16BrN3O. The van der Waals surface area contributed by atoms with E-state index in [1.54, 1.807) is 7.11 Å². The molecule has 3 rings (SSSR count). The van der Waals surface area contributed by atoms with Crippen LogP contribution in [0.3, 0.4) is 0 Å². The molecular weight excluding hydrogens is 330 g/mol. The quantitative estimate of drug-likeness (QED) is 0.777. The van der Waals surface area contributed by atoms with Crippen molar-refractivity contribution in [1.29, 1.82) is 0 Å². The molecule has 0 saturated carbocycles. The molecule has 1 aliphatic carbocycles. The number of nitrogens with zero attached hydrogens (tertiary/aromatic N) is 3. The standard InChI is InChI=1S/C16H16BrN3O/c1-10-7-15-13(16(8-10)20-21-2)9-14(18-19-15)11-3-5-12(17)6-4-11/h3-6,9-10H,7-8H2,1-2H3/b20-16+/t10-/m0/s1. The van der Waals surface area contributed by atoms with Crippen molar-refractivity contribution in [3.63, 3.8) is 0 Å². The van der Waals surface area contributed by atoms with Gasteiger partial charge in [-0.15, -0.1) is 0 Å². The van der Waals surface area contributed by atoms with E-state index in [4.69, 9.17) is 4.84 Å². The van der Waals surface area contributed by atoms with Gasteiger partial charge in [-0.1, -0.05) is 40.1 Å². The van der Waals surface area contributed by atoms with Gasteiger partial charge in [-0.25, -0.2) is 0 Å². The highest BCUT2D eigenvalue weighted by Crippen LogP contribution is 2.27. The summed E-state index contributed by atoms with van der Waals surface area (Å²) in [6, 6.07) is 10.1. The molecule has 1 heterocycles. The molecule has 2 aromatic rings. The molecule has 21 heavy (non-hydrogen) atoms. The summed E-state index contributed by atoms with van der Waals surface area (Å²) < 4.78 is 1.05. The molecule has 1 aromatic heterocycles. The maximum atomic E-state index is 4.98. The predicted octanol–water partition coefficient (Wildman–Crippen LogP) is 3.84. The zero-order valence-electron chi connectivity index (χ0n) is 12.0. The van der Waals surface area contributed by atoms with Crippen LogP contribution in [0.1, 0.15) is 24.6 Å². The number of oxime groups is 1. The normalized spacial score (nSPS) is 19.4. The predicted molar refractivity (Wildman–Crippen MR) is 86.2 cm³/mol. The van der Waals surface area contributed by atoms with Gasteiger partial charge in [0.15, 0.2) is 0 Å². The third-order valence-corrected chi connectivity index (χ3v) is 4.14. The van der Waals surface area contributed by atoms with E-state index < -0.39 is 0 Å². The molecule has 5 heteroatoms. The van der Waals surface area contributed by atoms with E-state index in [-0.39, 0.29) is 0 Å². The maximum Gasteiger partial charge on any atom is 0.106 e. The highest BCUT2D eigenvalue weighted by molar-refractivity contribution is 9.10. The molecule has 0 N–H and O–H groups in total. The summed E-state index contributed by atoms with van der Waals surface area (Å²) in [7, 11) is 1.58. The van der Waals surface area contributed by atoms with E-state index in [1.165, 1.54) is 0 Å². The molecule has 0 amide bonds. The zero-order valence-corrected chi connectivity index (χ0v) is 13.6. The molecule has 108 valence electrons. The smallest absolute Gasteiger partial charge is 0.106 e. The van der Waals surface area contributed by atoms with Crippen molar-refractivity contribution in [2.75, 3.05) is 7.11 Å². The van der Waals surface area contributed by atoms with Crippen LogP contribution in [0.25, 0.3) is 11.3 Å². The minimum absolute atomic E-state index is 0.513. The molecule has 1 aromatic carbocycles. The average molecular weight is 346 g/mol. The first kappa shape index (κ1) is 14.2. The second-order valence-corrected chi connectivity index (χ2v) is 6.25. The fourth-order valence-electron chi connectivity index (χ4n) is 2.62. The Morgan fingerprint density at radius 1 is 1.19 bits per heavy atom. The van der Waals surface area contributed by atoms with Gasteiger partial charge in [0, 0.05) is 15.6 Å². The van der Waals surface area contributed by atoms with E-state index in [1.807, 2.05) is 24.3 Å². The summed E-state index contributed by atoms with van der Waals surface area (Å²) in [6.45, 7) is 2.19. The third-order valence-electron chi connectivity index (χ3n) is 3.61. The Bertz CT molecular complexity index is 682. The maximum absolute atomic E-state index is 4.98. The van der Waals surface area contributed by atoms with Gasteiger partial charge in [-0.2, -0.15) is 10.2 Å². The van der Waals surface area contributed by atoms with Crippen LogP contribution < -0.4 is 0 Å². The van der Waals surface area contributed by atoms with Crippen molar-refractivity contribution in [2.45, 2.75) is 19.8 Å². The van der Waals surface area contributed by atoms with Crippen LogP contribution in [0, 0.1) is 5.92 Å². The molecule has 0 bridgehead atoms. The largest absolute Gasteiger partial charge is 0.399 e. The fourth-order valence-corrected chi connectivity index (χ4v) is 2.88. The van der Waals surface area contributed by atoms with Crippen LogP contribution in [0.15, 0.2) is 40.0 Å². The number of fused-ring (bicyclic) bond motifs is 1. The summed E-state index contributed by atoms with van der Waals surface area (Å²) in [5.41, 5.74) is 4.93. The summed E-state index contributed by atoms with van der Waals surface area (Å²) in [5, 5.41) is 12.9. The van der Waals surface area contributed by atoms with E-state index in [2.05, 4.69) is 44.3 Å². The summed E-state index contributed by atoms with van der Waals surface area (Å²) in [4.78, 5) is 4.98. The van der Waals surface area contributed by atoms with Gasteiger partial charge in [0.25, 0.3) is 0 Å². The minimum Gasteiger partial charge on any atom is -0.399 e. The Morgan fingerprint density at radius 2 is 1.95 bits per heavy atom. The van der Waals surface area contributed by atoms with Gasteiger partial charge < -0.3 is 4.84 Å². The van der Waals surface area contributed by atoms with Crippen LogP contribution in [-0.4, -0.2) is 23.0 Å².